The van der Waals surface area contributed by atoms with Crippen molar-refractivity contribution in [3.63, 3.8) is 0 Å². The maximum atomic E-state index is 14.1. The lowest BCUT2D eigenvalue weighted by Crippen LogP contribution is -2.51. The zero-order valence-corrected chi connectivity index (χ0v) is 12.2. The number of halogens is 3. The summed E-state index contributed by atoms with van der Waals surface area (Å²) in [6.07, 6.45) is -2.88. The van der Waals surface area contributed by atoms with Gasteiger partial charge in [0.05, 0.1) is 10.7 Å². The van der Waals surface area contributed by atoms with Crippen molar-refractivity contribution in [2.45, 2.75) is 43.1 Å². The number of methoxy groups -OCH3 is 1. The minimum atomic E-state index is -2.88. The Balaban J connectivity index is 2.86. The lowest BCUT2D eigenvalue weighted by atomic mass is 10.2. The van der Waals surface area contributed by atoms with E-state index in [1.54, 1.807) is 13.8 Å². The fraction of sp³-hybridized carbons (Fsp3) is 1.00. The third kappa shape index (κ3) is 2.49. The van der Waals surface area contributed by atoms with Gasteiger partial charge in [-0.25, -0.2) is 9.80 Å². The van der Waals surface area contributed by atoms with Gasteiger partial charge in [-0.3, -0.25) is 0 Å². The van der Waals surface area contributed by atoms with Crippen LogP contribution in [0.2, 0.25) is 0 Å². The molecule has 1 rings (SSSR count). The molecule has 0 amide bonds. The first-order valence-corrected chi connectivity index (χ1v) is 6.64. The van der Waals surface area contributed by atoms with Crippen LogP contribution in [0.3, 0.4) is 0 Å². The van der Waals surface area contributed by atoms with Gasteiger partial charge in [0.15, 0.2) is 0 Å². The van der Waals surface area contributed by atoms with Crippen LogP contribution in [-0.4, -0.2) is 52.4 Å². The molecule has 1 heterocycles. The first-order chi connectivity index (χ1) is 7.34. The van der Waals surface area contributed by atoms with Gasteiger partial charge in [0.2, 0.25) is 0 Å². The minimum absolute atomic E-state index is 0.160. The van der Waals surface area contributed by atoms with Crippen LogP contribution in [0.25, 0.3) is 0 Å². The summed E-state index contributed by atoms with van der Waals surface area (Å²) < 4.78 is 33.0. The zero-order valence-electron chi connectivity index (χ0n) is 10.1. The summed E-state index contributed by atoms with van der Waals surface area (Å²) in [6.45, 7) is 6.03. The van der Waals surface area contributed by atoms with Crippen LogP contribution in [-0.2, 0) is 4.74 Å². The van der Waals surface area contributed by atoms with E-state index in [1.807, 2.05) is 6.92 Å². The number of hydrogen-bond donors (Lipinski definition) is 0. The van der Waals surface area contributed by atoms with Gasteiger partial charge < -0.3 is 4.74 Å². The molecule has 0 aliphatic carbocycles. The van der Waals surface area contributed by atoms with Crippen LogP contribution >= 0.6 is 22.6 Å². The zero-order chi connectivity index (χ0) is 12.5. The fourth-order valence-corrected chi connectivity index (χ4v) is 3.12. The fourth-order valence-electron chi connectivity index (χ4n) is 2.16. The molecular weight excluding hydrogens is 329 g/mol. The van der Waals surface area contributed by atoms with Crippen molar-refractivity contribution in [2.75, 3.05) is 20.3 Å². The van der Waals surface area contributed by atoms with Crippen molar-refractivity contribution in [1.82, 2.24) is 9.80 Å². The Morgan fingerprint density at radius 2 is 2.00 bits per heavy atom. The molecule has 0 aromatic carbocycles. The molecular formula is C10H19F2IN2O. The van der Waals surface area contributed by atoms with E-state index in [-0.39, 0.29) is 22.7 Å². The Morgan fingerprint density at radius 1 is 1.44 bits per heavy atom. The molecule has 0 aromatic heterocycles. The second-order valence-corrected chi connectivity index (χ2v) is 5.59. The number of rotatable bonds is 4. The smallest absolute Gasteiger partial charge is 0.371 e. The summed E-state index contributed by atoms with van der Waals surface area (Å²) in [5, 5.41) is 0. The Bertz CT molecular complexity index is 241. The predicted octanol–water partition coefficient (Wildman–Crippen LogP) is 2.36. The van der Waals surface area contributed by atoms with Crippen molar-refractivity contribution in [3.05, 3.63) is 0 Å². The monoisotopic (exact) mass is 348 g/mol. The molecule has 1 saturated heterocycles. The highest BCUT2D eigenvalue weighted by atomic mass is 127. The topological polar surface area (TPSA) is 15.7 Å². The van der Waals surface area contributed by atoms with Gasteiger partial charge in [-0.15, -0.1) is 0 Å². The Kier molecular flexibility index (Phi) is 4.91. The summed E-state index contributed by atoms with van der Waals surface area (Å²) in [6, 6.07) is -0.331. The molecule has 0 spiro atoms. The quantitative estimate of drug-likeness (QED) is 0.441. The molecule has 6 heteroatoms. The highest BCUT2D eigenvalue weighted by Gasteiger charge is 2.57. The van der Waals surface area contributed by atoms with Gasteiger partial charge >= 0.3 is 6.17 Å². The van der Waals surface area contributed by atoms with Crippen LogP contribution < -0.4 is 0 Å². The first-order valence-electron chi connectivity index (χ1n) is 5.40. The second-order valence-electron chi connectivity index (χ2n) is 4.31. The molecule has 2 unspecified atom stereocenters. The average molecular weight is 348 g/mol. The molecule has 3 nitrogen and oxygen atoms in total. The lowest BCUT2D eigenvalue weighted by molar-refractivity contribution is -0.226. The highest BCUT2D eigenvalue weighted by Crippen LogP contribution is 2.41. The van der Waals surface area contributed by atoms with Gasteiger partial charge in [-0.1, -0.05) is 22.6 Å². The van der Waals surface area contributed by atoms with Crippen LogP contribution in [0.15, 0.2) is 0 Å². The molecule has 1 aliphatic rings. The van der Waals surface area contributed by atoms with Crippen LogP contribution in [0.4, 0.5) is 8.78 Å². The predicted molar refractivity (Wildman–Crippen MR) is 67.8 cm³/mol. The lowest BCUT2D eigenvalue weighted by Gasteiger charge is -2.32. The second kappa shape index (κ2) is 5.41. The maximum Gasteiger partial charge on any atom is 0.371 e. The molecule has 0 saturated carbocycles. The van der Waals surface area contributed by atoms with Crippen molar-refractivity contribution in [3.8, 4) is 0 Å². The SMILES string of the molecule is COCCN1C(I)C(C)N(C(C)C)C1(F)F. The summed E-state index contributed by atoms with van der Waals surface area (Å²) in [7, 11) is 1.53. The van der Waals surface area contributed by atoms with Crippen LogP contribution in [0.1, 0.15) is 20.8 Å². The Labute approximate surface area is 109 Å². The van der Waals surface area contributed by atoms with Gasteiger partial charge in [0.25, 0.3) is 0 Å². The van der Waals surface area contributed by atoms with E-state index >= 15 is 0 Å². The third-order valence-electron chi connectivity index (χ3n) is 2.88. The number of alkyl halides is 3. The maximum absolute atomic E-state index is 14.1. The van der Waals surface area contributed by atoms with Crippen LogP contribution in [0.5, 0.6) is 0 Å². The minimum Gasteiger partial charge on any atom is -0.383 e. The van der Waals surface area contributed by atoms with E-state index in [1.165, 1.54) is 16.9 Å². The summed E-state index contributed by atoms with van der Waals surface area (Å²) in [4.78, 5) is 2.47. The molecule has 0 bridgehead atoms. The summed E-state index contributed by atoms with van der Waals surface area (Å²) in [5.74, 6) is 0. The van der Waals surface area contributed by atoms with E-state index < -0.39 is 6.17 Å². The molecule has 96 valence electrons. The largest absolute Gasteiger partial charge is 0.383 e. The van der Waals surface area contributed by atoms with E-state index in [2.05, 4.69) is 22.6 Å². The van der Waals surface area contributed by atoms with Gasteiger partial charge in [-0.2, -0.15) is 8.78 Å². The average Bonchev–Trinajstić information content (AvgIpc) is 2.32. The van der Waals surface area contributed by atoms with Crippen molar-refractivity contribution < 1.29 is 13.5 Å². The Morgan fingerprint density at radius 3 is 2.38 bits per heavy atom. The normalized spacial score (nSPS) is 31.5. The van der Waals surface area contributed by atoms with Gasteiger partial charge in [0.1, 0.15) is 0 Å². The molecule has 0 radical (unpaired) electrons. The molecule has 2 atom stereocenters. The van der Waals surface area contributed by atoms with E-state index in [0.29, 0.717) is 6.61 Å². The third-order valence-corrected chi connectivity index (χ3v) is 4.60. The van der Waals surface area contributed by atoms with Crippen molar-refractivity contribution >= 4 is 22.6 Å². The number of ether oxygens (including phenoxy) is 1. The summed E-state index contributed by atoms with van der Waals surface area (Å²) >= 11 is 2.08. The van der Waals surface area contributed by atoms with Crippen molar-refractivity contribution in [1.29, 1.82) is 0 Å². The highest BCUT2D eigenvalue weighted by molar-refractivity contribution is 14.1. The number of hydrogen-bond acceptors (Lipinski definition) is 3. The van der Waals surface area contributed by atoms with Gasteiger partial charge in [-0.05, 0) is 20.8 Å². The van der Waals surface area contributed by atoms with Crippen LogP contribution in [0, 0.1) is 0 Å². The molecule has 1 aliphatic heterocycles. The molecule has 0 aromatic rings. The van der Waals surface area contributed by atoms with E-state index in [9.17, 15) is 8.78 Å². The Hall–Kier alpha value is 0.470. The van der Waals surface area contributed by atoms with E-state index in [4.69, 9.17) is 4.74 Å². The standard InChI is InChI=1S/C10H19F2IN2O/c1-7(2)15-8(3)9(13)14(5-6-16-4)10(15,11)12/h7-9H,5-6H2,1-4H3. The van der Waals surface area contributed by atoms with Crippen molar-refractivity contribution in [2.24, 2.45) is 0 Å². The molecule has 16 heavy (non-hydrogen) atoms. The molecule has 1 fully saturated rings. The van der Waals surface area contributed by atoms with Gasteiger partial charge in [0, 0.05) is 25.7 Å². The summed E-state index contributed by atoms with van der Waals surface area (Å²) in [5.41, 5.74) is 0. The first kappa shape index (κ1) is 14.5. The molecule has 0 N–H and O–H groups in total. The number of nitrogens with zero attached hydrogens (tertiary/aromatic N) is 2. The van der Waals surface area contributed by atoms with E-state index in [0.717, 1.165) is 0 Å².